The molecule has 4 N–H and O–H groups in total. The lowest BCUT2D eigenvalue weighted by atomic mass is 10.1. The van der Waals surface area contributed by atoms with E-state index in [1.54, 1.807) is 0 Å². The minimum Gasteiger partial charge on any atom is -0.462 e. The van der Waals surface area contributed by atoms with Gasteiger partial charge in [0.25, 0.3) is 0 Å². The number of hydrogen-bond donors (Lipinski definition) is 3. The average Bonchev–Trinajstić information content (AvgIpc) is 3.16. The molecule has 10 nitrogen and oxygen atoms in total. The highest BCUT2D eigenvalue weighted by atomic mass is 31.2. The Labute approximate surface area is 326 Å². The highest BCUT2D eigenvalue weighted by molar-refractivity contribution is 7.47. The van der Waals surface area contributed by atoms with Crippen molar-refractivity contribution in [3.05, 3.63) is 85.1 Å². The van der Waals surface area contributed by atoms with Crippen molar-refractivity contribution in [2.75, 3.05) is 33.0 Å². The van der Waals surface area contributed by atoms with Crippen LogP contribution in [0.25, 0.3) is 0 Å². The molecule has 0 aromatic rings. The number of aliphatic hydroxyl groups is 1. The number of rotatable bonds is 37. The van der Waals surface area contributed by atoms with Gasteiger partial charge in [0.1, 0.15) is 6.61 Å². The first-order chi connectivity index (χ1) is 26.3. The van der Waals surface area contributed by atoms with E-state index in [1.807, 2.05) is 6.08 Å². The average molecular weight is 778 g/mol. The van der Waals surface area contributed by atoms with Crippen molar-refractivity contribution in [1.82, 2.24) is 0 Å². The van der Waals surface area contributed by atoms with Gasteiger partial charge in [-0.3, -0.25) is 18.6 Å². The summed E-state index contributed by atoms with van der Waals surface area (Å²) in [5.41, 5.74) is 5.33. The third-order valence-electron chi connectivity index (χ3n) is 7.81. The molecule has 0 aliphatic carbocycles. The predicted octanol–water partition coefficient (Wildman–Crippen LogP) is 10.2. The predicted molar refractivity (Wildman–Crippen MR) is 221 cm³/mol. The number of phosphoric ester groups is 1. The van der Waals surface area contributed by atoms with Gasteiger partial charge in [0.15, 0.2) is 6.10 Å². The van der Waals surface area contributed by atoms with Gasteiger partial charge in [-0.05, 0) is 96.3 Å². The van der Waals surface area contributed by atoms with Crippen LogP contribution < -0.4 is 5.73 Å². The van der Waals surface area contributed by atoms with Gasteiger partial charge in [-0.1, -0.05) is 111 Å². The van der Waals surface area contributed by atoms with E-state index in [-0.39, 0.29) is 39.2 Å². The maximum Gasteiger partial charge on any atom is 0.472 e. The molecular weight excluding hydrogens is 705 g/mol. The number of carbonyl (C=O) groups is 2. The molecule has 1 unspecified atom stereocenters. The molecule has 0 heterocycles. The van der Waals surface area contributed by atoms with Crippen LogP contribution in [0.5, 0.6) is 0 Å². The Morgan fingerprint density at radius 2 is 1.06 bits per heavy atom. The van der Waals surface area contributed by atoms with Crippen LogP contribution in [0.2, 0.25) is 0 Å². The summed E-state index contributed by atoms with van der Waals surface area (Å²) in [7, 11) is -4.41. The van der Waals surface area contributed by atoms with Crippen molar-refractivity contribution in [3.8, 4) is 0 Å². The number of allylic oxidation sites excluding steroid dienone is 14. The van der Waals surface area contributed by atoms with Gasteiger partial charge < -0.3 is 25.2 Å². The van der Waals surface area contributed by atoms with Gasteiger partial charge in [-0.15, -0.1) is 0 Å². The molecule has 0 aliphatic heterocycles. The van der Waals surface area contributed by atoms with Crippen LogP contribution >= 0.6 is 7.82 Å². The molecular formula is C43H72NO9P. The molecule has 0 saturated carbocycles. The minimum absolute atomic E-state index is 0.0310. The topological polar surface area (TPSA) is 155 Å². The molecule has 0 aliphatic rings. The quantitative estimate of drug-likeness (QED) is 0.0240. The molecule has 0 saturated heterocycles. The number of hydrogen-bond acceptors (Lipinski definition) is 9. The van der Waals surface area contributed by atoms with Gasteiger partial charge in [0, 0.05) is 26.0 Å². The summed E-state index contributed by atoms with van der Waals surface area (Å²) in [6.45, 7) is 1.56. The van der Waals surface area contributed by atoms with E-state index in [0.29, 0.717) is 19.3 Å². The second kappa shape index (κ2) is 39.8. The number of carbonyl (C=O) groups excluding carboxylic acids is 2. The number of phosphoric acid groups is 1. The third-order valence-corrected chi connectivity index (χ3v) is 8.79. The normalized spacial score (nSPS) is 14.2. The largest absolute Gasteiger partial charge is 0.472 e. The highest BCUT2D eigenvalue weighted by Crippen LogP contribution is 2.43. The zero-order chi connectivity index (χ0) is 39.6. The summed E-state index contributed by atoms with van der Waals surface area (Å²) in [6.07, 6.45) is 46.4. The summed E-state index contributed by atoms with van der Waals surface area (Å²) < 4.78 is 32.6. The fourth-order valence-corrected chi connectivity index (χ4v) is 5.55. The van der Waals surface area contributed by atoms with E-state index >= 15 is 0 Å². The van der Waals surface area contributed by atoms with Crippen LogP contribution in [0.15, 0.2) is 85.1 Å². The Morgan fingerprint density at radius 3 is 1.56 bits per heavy atom. The Balaban J connectivity index is 4.37. The summed E-state index contributed by atoms with van der Waals surface area (Å²) in [5.74, 6) is -0.964. The number of unbranched alkanes of at least 4 members (excludes halogenated alkanes) is 9. The first kappa shape index (κ1) is 51.1. The Morgan fingerprint density at radius 1 is 0.593 bits per heavy atom. The summed E-state index contributed by atoms with van der Waals surface area (Å²) >= 11 is 0. The maximum atomic E-state index is 12.5. The van der Waals surface area contributed by atoms with E-state index in [9.17, 15) is 19.0 Å². The van der Waals surface area contributed by atoms with Crippen molar-refractivity contribution in [2.24, 2.45) is 5.73 Å². The smallest absolute Gasteiger partial charge is 0.462 e. The fourth-order valence-electron chi connectivity index (χ4n) is 4.79. The monoisotopic (exact) mass is 777 g/mol. The van der Waals surface area contributed by atoms with E-state index in [2.05, 4.69) is 85.9 Å². The Kier molecular flexibility index (Phi) is 37.7. The maximum absolute atomic E-state index is 12.5. The van der Waals surface area contributed by atoms with Crippen molar-refractivity contribution < 1.29 is 42.7 Å². The molecule has 0 rings (SSSR count). The standard InChI is InChI=1S/C43H72NO9P/c1-2-3-4-5-6-7-8-9-13-17-20-23-26-29-32-35-43(47)53-41(40-52-54(48,49)51-38-36-44)39-50-42(46)34-31-28-25-22-19-16-14-11-10-12-15-18-21-24-27-30-33-37-45/h6-7,9-10,12-14,16,18,20-23,25,41,45H,2-5,8,11,15,17,19,24,26-40,44H2,1H3,(H,48,49)/b7-6-,12-10-,13-9-,16-14-,21-18-,23-20-,25-22-/t41-/m1/s1. The van der Waals surface area contributed by atoms with E-state index in [0.717, 1.165) is 77.0 Å². The Hall–Kier alpha value is -2.85. The summed E-state index contributed by atoms with van der Waals surface area (Å²) in [4.78, 5) is 34.7. The molecule has 2 atom stereocenters. The van der Waals surface area contributed by atoms with E-state index < -0.39 is 32.5 Å². The number of nitrogens with two attached hydrogens (primary N) is 1. The van der Waals surface area contributed by atoms with Crippen LogP contribution in [0.3, 0.4) is 0 Å². The summed E-state index contributed by atoms with van der Waals surface area (Å²) in [5, 5.41) is 8.78. The second-order valence-electron chi connectivity index (χ2n) is 12.9. The lowest BCUT2D eigenvalue weighted by Gasteiger charge is -2.19. The summed E-state index contributed by atoms with van der Waals surface area (Å²) in [6, 6.07) is 0. The second-order valence-corrected chi connectivity index (χ2v) is 14.3. The number of ether oxygens (including phenoxy) is 2. The third kappa shape index (κ3) is 38.9. The molecule has 0 radical (unpaired) electrons. The number of esters is 2. The van der Waals surface area contributed by atoms with Gasteiger partial charge in [0.2, 0.25) is 0 Å². The molecule has 0 amide bonds. The minimum atomic E-state index is -4.41. The molecule has 54 heavy (non-hydrogen) atoms. The lowest BCUT2D eigenvalue weighted by molar-refractivity contribution is -0.161. The Bertz CT molecular complexity index is 1160. The van der Waals surface area contributed by atoms with E-state index in [1.165, 1.54) is 19.3 Å². The van der Waals surface area contributed by atoms with Crippen LogP contribution in [0, 0.1) is 0 Å². The van der Waals surface area contributed by atoms with Gasteiger partial charge in [0.05, 0.1) is 13.2 Å². The van der Waals surface area contributed by atoms with Gasteiger partial charge >= 0.3 is 19.8 Å². The molecule has 0 fully saturated rings. The van der Waals surface area contributed by atoms with E-state index in [4.69, 9.17) is 29.4 Å². The van der Waals surface area contributed by atoms with Crippen LogP contribution in [-0.2, 0) is 32.7 Å². The fraction of sp³-hybridized carbons (Fsp3) is 0.628. The van der Waals surface area contributed by atoms with Gasteiger partial charge in [-0.25, -0.2) is 4.57 Å². The zero-order valence-corrected chi connectivity index (χ0v) is 34.0. The van der Waals surface area contributed by atoms with Crippen LogP contribution in [0.1, 0.15) is 135 Å². The van der Waals surface area contributed by atoms with Crippen LogP contribution in [-0.4, -0.2) is 61.0 Å². The molecule has 0 bridgehead atoms. The molecule has 11 heteroatoms. The molecule has 0 aromatic carbocycles. The first-order valence-corrected chi connectivity index (χ1v) is 21.7. The van der Waals surface area contributed by atoms with Crippen molar-refractivity contribution in [1.29, 1.82) is 0 Å². The van der Waals surface area contributed by atoms with Crippen molar-refractivity contribution in [2.45, 2.75) is 141 Å². The van der Waals surface area contributed by atoms with Gasteiger partial charge in [-0.2, -0.15) is 0 Å². The zero-order valence-electron chi connectivity index (χ0n) is 33.1. The van der Waals surface area contributed by atoms with Crippen molar-refractivity contribution >= 4 is 19.8 Å². The van der Waals surface area contributed by atoms with Crippen molar-refractivity contribution in [3.63, 3.8) is 0 Å². The SMILES string of the molecule is CCCCC/C=C\C/C=C\C/C=C\CCCCC(=O)O[C@H](COC(=O)CCC/C=C\C/C=C\C/C=C\C/C=C\CCCCCO)COP(=O)(O)OCCN. The number of aliphatic hydroxyl groups excluding tert-OH is 1. The highest BCUT2D eigenvalue weighted by Gasteiger charge is 2.25. The molecule has 0 aromatic heterocycles. The van der Waals surface area contributed by atoms with Crippen LogP contribution in [0.4, 0.5) is 0 Å². The lowest BCUT2D eigenvalue weighted by Crippen LogP contribution is -2.29. The molecule has 308 valence electrons. The first-order valence-electron chi connectivity index (χ1n) is 20.2. The molecule has 0 spiro atoms.